The van der Waals surface area contributed by atoms with E-state index in [1.165, 1.54) is 0 Å². The first-order valence-corrected chi connectivity index (χ1v) is 5.40. The zero-order valence-corrected chi connectivity index (χ0v) is 9.54. The molecule has 2 N–H and O–H groups in total. The number of aliphatic hydroxyl groups excluding tert-OH is 1. The molecule has 2 rings (SSSR count). The molecule has 0 amide bonds. The van der Waals surface area contributed by atoms with E-state index in [1.54, 1.807) is 17.0 Å². The van der Waals surface area contributed by atoms with Crippen molar-refractivity contribution in [2.45, 2.75) is 19.2 Å². The Morgan fingerprint density at radius 2 is 2.22 bits per heavy atom. The number of aliphatic hydroxyl groups is 1. The number of carboxylic acid groups (broad SMARTS) is 1. The second kappa shape index (κ2) is 4.94. The van der Waals surface area contributed by atoms with E-state index in [9.17, 15) is 4.79 Å². The number of hydrogen-bond acceptors (Lipinski definition) is 5. The Morgan fingerprint density at radius 3 is 2.89 bits per heavy atom. The first-order valence-electron chi connectivity index (χ1n) is 5.40. The molecule has 94 valence electrons. The van der Waals surface area contributed by atoms with Crippen LogP contribution < -0.4 is 4.74 Å². The van der Waals surface area contributed by atoms with Crippen LogP contribution in [0.25, 0.3) is 0 Å². The third-order valence-corrected chi connectivity index (χ3v) is 2.73. The Labute approximate surface area is 104 Å². The van der Waals surface area contributed by atoms with Gasteiger partial charge in [0.2, 0.25) is 0 Å². The quantitative estimate of drug-likeness (QED) is 0.745. The maximum atomic E-state index is 10.4. The second-order valence-corrected chi connectivity index (χ2v) is 4.05. The molecule has 0 radical (unpaired) electrons. The number of nitriles is 1. The molecule has 0 aromatic heterocycles. The summed E-state index contributed by atoms with van der Waals surface area (Å²) in [5.41, 5.74) is 2.04. The third-order valence-electron chi connectivity index (χ3n) is 2.73. The fourth-order valence-corrected chi connectivity index (χ4v) is 1.78. The van der Waals surface area contributed by atoms with Gasteiger partial charge in [-0.15, -0.1) is 0 Å². The number of aliphatic carboxylic acids is 1. The molecular weight excluding hydrogens is 236 g/mol. The molecular formula is C12H12N2O4. The van der Waals surface area contributed by atoms with E-state index in [0.29, 0.717) is 18.8 Å². The van der Waals surface area contributed by atoms with E-state index in [4.69, 9.17) is 20.2 Å². The van der Waals surface area contributed by atoms with Crippen LogP contribution in [0.4, 0.5) is 0 Å². The molecule has 0 bridgehead atoms. The molecule has 1 aromatic rings. The zero-order chi connectivity index (χ0) is 13.1. The number of benzene rings is 1. The summed E-state index contributed by atoms with van der Waals surface area (Å²) in [7, 11) is 0. The summed E-state index contributed by atoms with van der Waals surface area (Å²) >= 11 is 0. The van der Waals surface area contributed by atoms with Crippen molar-refractivity contribution in [3.63, 3.8) is 0 Å². The molecule has 1 aromatic carbocycles. The molecule has 0 saturated heterocycles. The van der Waals surface area contributed by atoms with Crippen molar-refractivity contribution in [2.75, 3.05) is 6.61 Å². The van der Waals surface area contributed by atoms with E-state index in [1.807, 2.05) is 6.07 Å². The van der Waals surface area contributed by atoms with Gasteiger partial charge in [-0.1, -0.05) is 6.07 Å². The number of rotatable bonds is 4. The van der Waals surface area contributed by atoms with Crippen LogP contribution in [0, 0.1) is 11.5 Å². The smallest absolute Gasteiger partial charge is 0.336 e. The SMILES string of the molecule is N#CN1Cc2ccc(OC[C@@H](O)C(=O)O)cc2C1. The molecule has 6 heteroatoms. The lowest BCUT2D eigenvalue weighted by atomic mass is 10.1. The van der Waals surface area contributed by atoms with E-state index in [-0.39, 0.29) is 6.61 Å². The molecule has 18 heavy (non-hydrogen) atoms. The number of carboxylic acids is 1. The summed E-state index contributed by atoms with van der Waals surface area (Å²) in [4.78, 5) is 12.0. The summed E-state index contributed by atoms with van der Waals surface area (Å²) < 4.78 is 5.19. The van der Waals surface area contributed by atoms with E-state index >= 15 is 0 Å². The van der Waals surface area contributed by atoms with Crippen molar-refractivity contribution >= 4 is 5.97 Å². The summed E-state index contributed by atoms with van der Waals surface area (Å²) in [6.45, 7) is 0.824. The van der Waals surface area contributed by atoms with Crippen LogP contribution in [0.2, 0.25) is 0 Å². The number of nitrogens with zero attached hydrogens (tertiary/aromatic N) is 2. The second-order valence-electron chi connectivity index (χ2n) is 4.05. The van der Waals surface area contributed by atoms with Gasteiger partial charge in [-0.3, -0.25) is 0 Å². The van der Waals surface area contributed by atoms with Crippen molar-refractivity contribution in [3.05, 3.63) is 29.3 Å². The van der Waals surface area contributed by atoms with Crippen LogP contribution >= 0.6 is 0 Å². The third kappa shape index (κ3) is 2.52. The topological polar surface area (TPSA) is 93.8 Å². The molecule has 6 nitrogen and oxygen atoms in total. The normalized spacial score (nSPS) is 14.8. The minimum Gasteiger partial charge on any atom is -0.490 e. The maximum absolute atomic E-state index is 10.4. The van der Waals surface area contributed by atoms with Crippen LogP contribution in [0.3, 0.4) is 0 Å². The Kier molecular flexibility index (Phi) is 3.35. The van der Waals surface area contributed by atoms with Gasteiger partial charge in [0.15, 0.2) is 12.3 Å². The first-order chi connectivity index (χ1) is 8.60. The van der Waals surface area contributed by atoms with Gasteiger partial charge in [-0.25, -0.2) is 4.79 Å². The number of ether oxygens (including phenoxy) is 1. The minimum atomic E-state index is -1.53. The van der Waals surface area contributed by atoms with Gasteiger partial charge in [-0.05, 0) is 23.3 Å². The van der Waals surface area contributed by atoms with Gasteiger partial charge in [0.1, 0.15) is 12.4 Å². The van der Waals surface area contributed by atoms with Gasteiger partial charge < -0.3 is 19.8 Å². The number of carbonyl (C=O) groups is 1. The van der Waals surface area contributed by atoms with Crippen molar-refractivity contribution in [2.24, 2.45) is 0 Å². The van der Waals surface area contributed by atoms with Gasteiger partial charge in [0.25, 0.3) is 0 Å². The Balaban J connectivity index is 2.01. The van der Waals surface area contributed by atoms with E-state index < -0.39 is 12.1 Å². The monoisotopic (exact) mass is 248 g/mol. The lowest BCUT2D eigenvalue weighted by Gasteiger charge is -2.09. The first kappa shape index (κ1) is 12.2. The van der Waals surface area contributed by atoms with Crippen LogP contribution in [0.5, 0.6) is 5.75 Å². The molecule has 0 fully saturated rings. The maximum Gasteiger partial charge on any atom is 0.336 e. The number of fused-ring (bicyclic) bond motifs is 1. The van der Waals surface area contributed by atoms with Crippen LogP contribution in [-0.4, -0.2) is 33.8 Å². The largest absolute Gasteiger partial charge is 0.490 e. The highest BCUT2D eigenvalue weighted by molar-refractivity contribution is 5.72. The predicted molar refractivity (Wildman–Crippen MR) is 60.4 cm³/mol. The van der Waals surface area contributed by atoms with Crippen LogP contribution in [-0.2, 0) is 17.9 Å². The summed E-state index contributed by atoms with van der Waals surface area (Å²) in [6, 6.07) is 5.31. The van der Waals surface area contributed by atoms with Gasteiger partial charge in [0.05, 0.1) is 13.1 Å². The van der Waals surface area contributed by atoms with Crippen molar-refractivity contribution in [3.8, 4) is 11.9 Å². The standard InChI is InChI=1S/C12H12N2O4/c13-7-14-4-8-1-2-10(3-9(8)5-14)18-6-11(15)12(16)17/h1-3,11,15H,4-6H2,(H,16,17)/t11-/m1/s1. The molecule has 1 aliphatic rings. The lowest BCUT2D eigenvalue weighted by molar-refractivity contribution is -0.148. The van der Waals surface area contributed by atoms with Crippen LogP contribution in [0.15, 0.2) is 18.2 Å². The Morgan fingerprint density at radius 1 is 1.50 bits per heavy atom. The summed E-state index contributed by atoms with van der Waals surface area (Å²) in [5.74, 6) is -0.819. The highest BCUT2D eigenvalue weighted by Gasteiger charge is 2.19. The molecule has 1 heterocycles. The van der Waals surface area contributed by atoms with Crippen LogP contribution in [0.1, 0.15) is 11.1 Å². The van der Waals surface area contributed by atoms with E-state index in [2.05, 4.69) is 6.19 Å². The fourth-order valence-electron chi connectivity index (χ4n) is 1.78. The summed E-state index contributed by atoms with van der Waals surface area (Å²) in [5, 5.41) is 26.4. The highest BCUT2D eigenvalue weighted by atomic mass is 16.5. The molecule has 0 aliphatic carbocycles. The molecule has 0 unspecified atom stereocenters. The zero-order valence-electron chi connectivity index (χ0n) is 9.54. The van der Waals surface area contributed by atoms with Crippen molar-refractivity contribution in [1.82, 2.24) is 4.90 Å². The van der Waals surface area contributed by atoms with Crippen molar-refractivity contribution in [1.29, 1.82) is 5.26 Å². The molecule has 1 aliphatic heterocycles. The Bertz CT molecular complexity index is 509. The average molecular weight is 248 g/mol. The van der Waals surface area contributed by atoms with Gasteiger partial charge in [-0.2, -0.15) is 5.26 Å². The molecule has 0 spiro atoms. The predicted octanol–water partition coefficient (Wildman–Crippen LogP) is 0.308. The molecule has 0 saturated carbocycles. The fraction of sp³-hybridized carbons (Fsp3) is 0.333. The molecule has 1 atom stereocenters. The number of hydrogen-bond donors (Lipinski definition) is 2. The van der Waals surface area contributed by atoms with Crippen molar-refractivity contribution < 1.29 is 19.7 Å². The lowest BCUT2D eigenvalue weighted by Crippen LogP contribution is -2.26. The minimum absolute atomic E-state index is 0.296. The Hall–Kier alpha value is -2.26. The summed E-state index contributed by atoms with van der Waals surface area (Å²) in [6.07, 6.45) is 0.537. The van der Waals surface area contributed by atoms with Gasteiger partial charge >= 0.3 is 5.97 Å². The van der Waals surface area contributed by atoms with Gasteiger partial charge in [0, 0.05) is 0 Å². The highest BCUT2D eigenvalue weighted by Crippen LogP contribution is 2.26. The van der Waals surface area contributed by atoms with E-state index in [0.717, 1.165) is 11.1 Å². The average Bonchev–Trinajstić information content (AvgIpc) is 2.77.